The van der Waals surface area contributed by atoms with Crippen molar-refractivity contribution in [3.8, 4) is 11.8 Å². The van der Waals surface area contributed by atoms with Gasteiger partial charge in [-0.05, 0) is 49.6 Å². The standard InChI is InChI=1S/C24H26N2O4/c1-2-29-21-12-10-20(11-13-21)26(17-7-16-25)22(27)18-30-23(28)24(14-6-15-24)19-8-4-3-5-9-19/h3-5,8-13H,2,6-7,14-15,17-18H2,1H3. The largest absolute Gasteiger partial charge is 0.494 e. The van der Waals surface area contributed by atoms with Crippen LogP contribution in [0.4, 0.5) is 5.69 Å². The van der Waals surface area contributed by atoms with E-state index in [9.17, 15) is 9.59 Å². The average molecular weight is 406 g/mol. The molecule has 0 bridgehead atoms. The molecule has 2 aromatic carbocycles. The first kappa shape index (κ1) is 21.4. The summed E-state index contributed by atoms with van der Waals surface area (Å²) in [6.45, 7) is 2.32. The number of amides is 1. The van der Waals surface area contributed by atoms with Gasteiger partial charge in [-0.1, -0.05) is 36.8 Å². The molecule has 1 amide bonds. The maximum atomic E-state index is 12.9. The van der Waals surface area contributed by atoms with E-state index < -0.39 is 5.41 Å². The van der Waals surface area contributed by atoms with Gasteiger partial charge in [0.25, 0.3) is 5.91 Å². The zero-order chi connectivity index (χ0) is 21.4. The highest BCUT2D eigenvalue weighted by molar-refractivity contribution is 5.96. The van der Waals surface area contributed by atoms with E-state index in [0.717, 1.165) is 24.8 Å². The Morgan fingerprint density at radius 3 is 2.37 bits per heavy atom. The average Bonchev–Trinajstić information content (AvgIpc) is 2.74. The number of hydrogen-bond acceptors (Lipinski definition) is 5. The topological polar surface area (TPSA) is 79.6 Å². The molecule has 1 aliphatic rings. The molecule has 0 unspecified atom stereocenters. The minimum absolute atomic E-state index is 0.181. The second-order valence-electron chi connectivity index (χ2n) is 7.26. The van der Waals surface area contributed by atoms with Crippen LogP contribution in [0.2, 0.25) is 0 Å². The van der Waals surface area contributed by atoms with Crippen molar-refractivity contribution in [3.63, 3.8) is 0 Å². The van der Waals surface area contributed by atoms with Gasteiger partial charge in [-0.15, -0.1) is 0 Å². The Bertz CT molecular complexity index is 899. The number of anilines is 1. The van der Waals surface area contributed by atoms with Crippen molar-refractivity contribution >= 4 is 17.6 Å². The molecule has 0 saturated heterocycles. The lowest BCUT2D eigenvalue weighted by atomic mass is 9.64. The molecular formula is C24H26N2O4. The fourth-order valence-electron chi connectivity index (χ4n) is 3.69. The Kier molecular flexibility index (Phi) is 7.08. The number of nitrogens with zero attached hydrogens (tertiary/aromatic N) is 2. The minimum Gasteiger partial charge on any atom is -0.494 e. The van der Waals surface area contributed by atoms with Gasteiger partial charge in [0.15, 0.2) is 6.61 Å². The molecule has 0 radical (unpaired) electrons. The van der Waals surface area contributed by atoms with Crippen molar-refractivity contribution in [1.29, 1.82) is 5.26 Å². The van der Waals surface area contributed by atoms with Gasteiger partial charge in [0, 0.05) is 12.2 Å². The third-order valence-corrected chi connectivity index (χ3v) is 5.46. The van der Waals surface area contributed by atoms with Gasteiger partial charge < -0.3 is 14.4 Å². The Balaban J connectivity index is 1.68. The van der Waals surface area contributed by atoms with Crippen LogP contribution in [0.5, 0.6) is 5.75 Å². The normalized spacial score (nSPS) is 14.1. The van der Waals surface area contributed by atoms with Crippen LogP contribution in [0, 0.1) is 11.3 Å². The van der Waals surface area contributed by atoms with E-state index >= 15 is 0 Å². The smallest absolute Gasteiger partial charge is 0.317 e. The van der Waals surface area contributed by atoms with Crippen LogP contribution in [0.1, 0.15) is 38.2 Å². The van der Waals surface area contributed by atoms with Gasteiger partial charge in [-0.25, -0.2) is 0 Å². The number of hydrogen-bond donors (Lipinski definition) is 0. The molecule has 0 aromatic heterocycles. The maximum Gasteiger partial charge on any atom is 0.317 e. The molecule has 0 N–H and O–H groups in total. The summed E-state index contributed by atoms with van der Waals surface area (Å²) in [7, 11) is 0. The fourth-order valence-corrected chi connectivity index (χ4v) is 3.69. The van der Waals surface area contributed by atoms with Crippen molar-refractivity contribution in [2.75, 3.05) is 24.7 Å². The molecule has 156 valence electrons. The van der Waals surface area contributed by atoms with Gasteiger partial charge in [0.05, 0.1) is 24.5 Å². The molecule has 1 fully saturated rings. The number of nitriles is 1. The monoisotopic (exact) mass is 406 g/mol. The van der Waals surface area contributed by atoms with Gasteiger partial charge in [0.1, 0.15) is 5.75 Å². The summed E-state index contributed by atoms with van der Waals surface area (Å²) < 4.78 is 10.9. The summed E-state index contributed by atoms with van der Waals surface area (Å²) in [6.07, 6.45) is 2.58. The van der Waals surface area contributed by atoms with E-state index in [-0.39, 0.29) is 31.4 Å². The van der Waals surface area contributed by atoms with E-state index in [0.29, 0.717) is 18.0 Å². The SMILES string of the molecule is CCOc1ccc(N(CCC#N)C(=O)COC(=O)C2(c3ccccc3)CCC2)cc1. The highest BCUT2D eigenvalue weighted by Gasteiger charge is 2.47. The molecule has 0 aliphatic heterocycles. The third kappa shape index (κ3) is 4.62. The lowest BCUT2D eigenvalue weighted by molar-refractivity contribution is -0.157. The van der Waals surface area contributed by atoms with E-state index in [2.05, 4.69) is 6.07 Å². The highest BCUT2D eigenvalue weighted by atomic mass is 16.5. The van der Waals surface area contributed by atoms with Crippen LogP contribution >= 0.6 is 0 Å². The van der Waals surface area contributed by atoms with Crippen LogP contribution in [-0.4, -0.2) is 31.6 Å². The summed E-state index contributed by atoms with van der Waals surface area (Å²) in [6, 6.07) is 18.7. The van der Waals surface area contributed by atoms with Crippen LogP contribution in [0.25, 0.3) is 0 Å². The van der Waals surface area contributed by atoms with Gasteiger partial charge in [0.2, 0.25) is 0 Å². The first-order valence-electron chi connectivity index (χ1n) is 10.2. The molecule has 0 atom stereocenters. The molecule has 30 heavy (non-hydrogen) atoms. The summed E-state index contributed by atoms with van der Waals surface area (Å²) in [5.41, 5.74) is 0.913. The van der Waals surface area contributed by atoms with E-state index in [4.69, 9.17) is 14.7 Å². The van der Waals surface area contributed by atoms with Crippen molar-refractivity contribution in [3.05, 3.63) is 60.2 Å². The number of ether oxygens (including phenoxy) is 2. The molecule has 1 saturated carbocycles. The van der Waals surface area contributed by atoms with Gasteiger partial charge >= 0.3 is 5.97 Å². The second kappa shape index (κ2) is 9.93. The molecule has 6 nitrogen and oxygen atoms in total. The van der Waals surface area contributed by atoms with E-state index in [1.54, 1.807) is 24.3 Å². The summed E-state index contributed by atoms with van der Waals surface area (Å²) in [5, 5.41) is 8.95. The molecule has 0 heterocycles. The zero-order valence-corrected chi connectivity index (χ0v) is 17.2. The Hall–Kier alpha value is -3.33. The third-order valence-electron chi connectivity index (χ3n) is 5.46. The summed E-state index contributed by atoms with van der Waals surface area (Å²) in [5.74, 6) is -0.0133. The van der Waals surface area contributed by atoms with Crippen molar-refractivity contribution < 1.29 is 19.1 Å². The fraction of sp³-hybridized carbons (Fsp3) is 0.375. The van der Waals surface area contributed by atoms with Crippen LogP contribution in [0.3, 0.4) is 0 Å². The number of carbonyl (C=O) groups is 2. The van der Waals surface area contributed by atoms with Gasteiger partial charge in [-0.3, -0.25) is 9.59 Å². The molecule has 3 rings (SSSR count). The van der Waals surface area contributed by atoms with E-state index in [1.807, 2.05) is 37.3 Å². The van der Waals surface area contributed by atoms with E-state index in [1.165, 1.54) is 4.90 Å². The molecule has 2 aromatic rings. The number of rotatable bonds is 9. The number of benzene rings is 2. The predicted octanol–water partition coefficient (Wildman–Crippen LogP) is 4.00. The van der Waals surface area contributed by atoms with Crippen LogP contribution in [-0.2, 0) is 19.7 Å². The quantitative estimate of drug-likeness (QED) is 0.588. The summed E-state index contributed by atoms with van der Waals surface area (Å²) >= 11 is 0. The second-order valence-corrected chi connectivity index (χ2v) is 7.26. The first-order valence-corrected chi connectivity index (χ1v) is 10.2. The highest BCUT2D eigenvalue weighted by Crippen LogP contribution is 2.44. The van der Waals surface area contributed by atoms with Crippen LogP contribution in [0.15, 0.2) is 54.6 Å². The van der Waals surface area contributed by atoms with Crippen molar-refractivity contribution in [2.24, 2.45) is 0 Å². The van der Waals surface area contributed by atoms with Crippen molar-refractivity contribution in [2.45, 2.75) is 38.0 Å². The van der Waals surface area contributed by atoms with Gasteiger partial charge in [-0.2, -0.15) is 5.26 Å². The van der Waals surface area contributed by atoms with Crippen molar-refractivity contribution in [1.82, 2.24) is 0 Å². The Labute approximate surface area is 177 Å². The molecule has 1 aliphatic carbocycles. The lowest BCUT2D eigenvalue weighted by Gasteiger charge is -2.39. The first-order chi connectivity index (χ1) is 14.6. The summed E-state index contributed by atoms with van der Waals surface area (Å²) in [4.78, 5) is 27.2. The zero-order valence-electron chi connectivity index (χ0n) is 17.2. The maximum absolute atomic E-state index is 12.9. The molecular weight excluding hydrogens is 380 g/mol. The Morgan fingerprint density at radius 2 is 1.80 bits per heavy atom. The minimum atomic E-state index is -0.655. The number of esters is 1. The number of carbonyl (C=O) groups excluding carboxylic acids is 2. The molecule has 6 heteroatoms. The molecule has 0 spiro atoms. The van der Waals surface area contributed by atoms with Crippen LogP contribution < -0.4 is 9.64 Å². The predicted molar refractivity (Wildman–Crippen MR) is 113 cm³/mol. The lowest BCUT2D eigenvalue weighted by Crippen LogP contribution is -2.45. The Morgan fingerprint density at radius 1 is 1.10 bits per heavy atom.